The van der Waals surface area contributed by atoms with Gasteiger partial charge in [0.2, 0.25) is 5.82 Å². The molecule has 1 N–H and O–H groups in total. The van der Waals surface area contributed by atoms with Crippen LogP contribution in [0.25, 0.3) is 0 Å². The van der Waals surface area contributed by atoms with Crippen molar-refractivity contribution >= 4 is 17.4 Å². The van der Waals surface area contributed by atoms with E-state index in [2.05, 4.69) is 27.1 Å². The highest BCUT2D eigenvalue weighted by molar-refractivity contribution is 5.81. The Kier molecular flexibility index (Phi) is 10.5. The molecule has 42 heavy (non-hydrogen) atoms. The first-order valence-corrected chi connectivity index (χ1v) is 14.8. The second-order valence-corrected chi connectivity index (χ2v) is 12.4. The lowest BCUT2D eigenvalue weighted by atomic mass is 9.73. The SMILES string of the molecule is CC(CCN(C)C)C(C)C(=O)CC1(CNc2ncnc(N(Cc3ccc(C(F)(F)F)cc3)C3CC3)c2F)CCOCC1. The molecule has 1 aromatic carbocycles. The lowest BCUT2D eigenvalue weighted by Gasteiger charge is -2.38. The molecular weight excluding hydrogens is 550 g/mol. The summed E-state index contributed by atoms with van der Waals surface area (Å²) in [5.74, 6) is -0.0334. The summed E-state index contributed by atoms with van der Waals surface area (Å²) in [7, 11) is 4.05. The minimum Gasteiger partial charge on any atom is -0.381 e. The third kappa shape index (κ3) is 8.40. The van der Waals surface area contributed by atoms with Crippen LogP contribution in [0.3, 0.4) is 0 Å². The minimum absolute atomic E-state index is 0.0555. The molecule has 1 aliphatic heterocycles. The van der Waals surface area contributed by atoms with Crippen molar-refractivity contribution in [2.75, 3.05) is 50.6 Å². The van der Waals surface area contributed by atoms with Gasteiger partial charge in [-0.05, 0) is 81.8 Å². The van der Waals surface area contributed by atoms with Gasteiger partial charge in [-0.3, -0.25) is 4.79 Å². The topological polar surface area (TPSA) is 70.6 Å². The van der Waals surface area contributed by atoms with E-state index in [0.717, 1.165) is 37.9 Å². The third-order valence-electron chi connectivity index (χ3n) is 8.79. The lowest BCUT2D eigenvalue weighted by Crippen LogP contribution is -2.40. The van der Waals surface area contributed by atoms with Crippen molar-refractivity contribution in [2.24, 2.45) is 17.3 Å². The van der Waals surface area contributed by atoms with E-state index in [-0.39, 0.29) is 47.3 Å². The Hall–Kier alpha value is -2.79. The summed E-state index contributed by atoms with van der Waals surface area (Å²) in [6.45, 7) is 6.73. The van der Waals surface area contributed by atoms with Gasteiger partial charge in [0.25, 0.3) is 0 Å². The second kappa shape index (κ2) is 13.7. The molecule has 2 fully saturated rings. The van der Waals surface area contributed by atoms with Gasteiger partial charge in [0.1, 0.15) is 12.1 Å². The molecule has 2 aromatic rings. The Morgan fingerprint density at radius 2 is 1.79 bits per heavy atom. The number of Topliss-reactive ketones (excluding diaryl/α,β-unsaturated/α-hetero) is 1. The average Bonchev–Trinajstić information content (AvgIpc) is 3.80. The van der Waals surface area contributed by atoms with Crippen molar-refractivity contribution < 1.29 is 27.1 Å². The predicted octanol–water partition coefficient (Wildman–Crippen LogP) is 6.20. The first-order chi connectivity index (χ1) is 19.9. The van der Waals surface area contributed by atoms with E-state index in [4.69, 9.17) is 4.74 Å². The number of benzene rings is 1. The van der Waals surface area contributed by atoms with E-state index in [1.54, 1.807) is 4.90 Å². The third-order valence-corrected chi connectivity index (χ3v) is 8.79. The molecule has 1 aliphatic carbocycles. The maximum atomic E-state index is 15.9. The van der Waals surface area contributed by atoms with E-state index >= 15 is 4.39 Å². The summed E-state index contributed by atoms with van der Waals surface area (Å²) < 4.78 is 60.5. The average molecular weight is 594 g/mol. The Morgan fingerprint density at radius 3 is 2.38 bits per heavy atom. The lowest BCUT2D eigenvalue weighted by molar-refractivity contribution is -0.137. The number of aromatic nitrogens is 2. The van der Waals surface area contributed by atoms with Crippen LogP contribution in [0.5, 0.6) is 0 Å². The molecule has 7 nitrogen and oxygen atoms in total. The number of carbonyl (C=O) groups is 1. The monoisotopic (exact) mass is 593 g/mol. The maximum Gasteiger partial charge on any atom is 0.416 e. The molecule has 2 aliphatic rings. The van der Waals surface area contributed by atoms with Crippen LogP contribution in [0, 0.1) is 23.1 Å². The zero-order valence-electron chi connectivity index (χ0n) is 25.0. The molecule has 1 saturated carbocycles. The number of hydrogen-bond acceptors (Lipinski definition) is 7. The predicted molar refractivity (Wildman–Crippen MR) is 155 cm³/mol. The Labute approximate surface area is 246 Å². The fourth-order valence-corrected chi connectivity index (χ4v) is 5.49. The molecule has 2 unspecified atom stereocenters. The van der Waals surface area contributed by atoms with Gasteiger partial charge in [-0.2, -0.15) is 17.6 Å². The number of nitrogens with one attached hydrogen (secondary N) is 1. The first-order valence-electron chi connectivity index (χ1n) is 14.8. The number of ether oxygens (including phenoxy) is 1. The molecule has 11 heteroatoms. The fraction of sp³-hybridized carbons (Fsp3) is 0.645. The summed E-state index contributed by atoms with van der Waals surface area (Å²) in [6.07, 6.45) is 1.29. The number of ketones is 1. The second-order valence-electron chi connectivity index (χ2n) is 12.4. The van der Waals surface area contributed by atoms with Crippen LogP contribution in [-0.4, -0.2) is 67.1 Å². The molecule has 0 spiro atoms. The van der Waals surface area contributed by atoms with E-state index in [0.29, 0.717) is 44.6 Å². The largest absolute Gasteiger partial charge is 0.416 e. The van der Waals surface area contributed by atoms with E-state index in [1.165, 1.54) is 18.5 Å². The van der Waals surface area contributed by atoms with Gasteiger partial charge in [-0.1, -0.05) is 26.0 Å². The van der Waals surface area contributed by atoms with Gasteiger partial charge in [0.15, 0.2) is 11.6 Å². The standard InChI is InChI=1S/C31H43F4N5O2/c1-21(11-14-39(3)4)22(2)26(41)17-30(12-15-42-16-13-30)19-36-28-27(32)29(38-20-37-28)40(25-9-10-25)18-23-5-7-24(8-6-23)31(33,34)35/h5-8,20-22,25H,9-19H2,1-4H3,(H,36,37,38). The Morgan fingerprint density at radius 1 is 1.12 bits per heavy atom. The minimum atomic E-state index is -4.41. The zero-order valence-corrected chi connectivity index (χ0v) is 25.0. The van der Waals surface area contributed by atoms with Crippen molar-refractivity contribution in [3.05, 3.63) is 47.5 Å². The van der Waals surface area contributed by atoms with Crippen LogP contribution in [0.2, 0.25) is 0 Å². The summed E-state index contributed by atoms with van der Waals surface area (Å²) in [4.78, 5) is 25.7. The van der Waals surface area contributed by atoms with Crippen molar-refractivity contribution in [2.45, 2.75) is 71.1 Å². The van der Waals surface area contributed by atoms with Gasteiger partial charge < -0.3 is 19.9 Å². The highest BCUT2D eigenvalue weighted by Crippen LogP contribution is 2.38. The molecule has 2 heterocycles. The highest BCUT2D eigenvalue weighted by Gasteiger charge is 2.38. The van der Waals surface area contributed by atoms with Crippen molar-refractivity contribution in [1.29, 1.82) is 0 Å². The van der Waals surface area contributed by atoms with Crippen molar-refractivity contribution in [1.82, 2.24) is 14.9 Å². The van der Waals surface area contributed by atoms with Gasteiger partial charge in [-0.25, -0.2) is 9.97 Å². The fourth-order valence-electron chi connectivity index (χ4n) is 5.49. The van der Waals surface area contributed by atoms with Gasteiger partial charge >= 0.3 is 6.18 Å². The number of halogens is 4. The van der Waals surface area contributed by atoms with E-state index in [9.17, 15) is 18.0 Å². The summed E-state index contributed by atoms with van der Waals surface area (Å²) in [6, 6.07) is 4.99. The Balaban J connectivity index is 1.46. The Bertz CT molecular complexity index is 1180. The molecular formula is C31H43F4N5O2. The number of hydrogen-bond donors (Lipinski definition) is 1. The van der Waals surface area contributed by atoms with Crippen LogP contribution in [0.4, 0.5) is 29.2 Å². The van der Waals surface area contributed by atoms with Crippen molar-refractivity contribution in [3.63, 3.8) is 0 Å². The molecule has 1 aromatic heterocycles. The zero-order chi connectivity index (χ0) is 30.5. The number of anilines is 2. The number of alkyl halides is 3. The van der Waals surface area contributed by atoms with Crippen LogP contribution in [0.15, 0.2) is 30.6 Å². The number of rotatable bonds is 14. The molecule has 0 amide bonds. The molecule has 1 saturated heterocycles. The van der Waals surface area contributed by atoms with Gasteiger partial charge in [0, 0.05) is 44.7 Å². The quantitative estimate of drug-likeness (QED) is 0.262. The number of carbonyl (C=O) groups excluding carboxylic acids is 1. The summed E-state index contributed by atoms with van der Waals surface area (Å²) in [5, 5.41) is 3.19. The van der Waals surface area contributed by atoms with E-state index in [1.807, 2.05) is 21.0 Å². The molecule has 232 valence electrons. The summed E-state index contributed by atoms with van der Waals surface area (Å²) >= 11 is 0. The van der Waals surface area contributed by atoms with Crippen LogP contribution >= 0.6 is 0 Å². The van der Waals surface area contributed by atoms with E-state index < -0.39 is 17.6 Å². The molecule has 2 atom stereocenters. The van der Waals surface area contributed by atoms with Crippen LogP contribution < -0.4 is 10.2 Å². The van der Waals surface area contributed by atoms with Crippen LogP contribution in [0.1, 0.15) is 63.5 Å². The van der Waals surface area contributed by atoms with Gasteiger partial charge in [0.05, 0.1) is 5.56 Å². The molecule has 0 radical (unpaired) electrons. The first kappa shape index (κ1) is 32.1. The number of nitrogens with zero attached hydrogens (tertiary/aromatic N) is 4. The maximum absolute atomic E-state index is 15.9. The highest BCUT2D eigenvalue weighted by atomic mass is 19.4. The van der Waals surface area contributed by atoms with Gasteiger partial charge in [-0.15, -0.1) is 0 Å². The van der Waals surface area contributed by atoms with Crippen LogP contribution in [-0.2, 0) is 22.3 Å². The summed E-state index contributed by atoms with van der Waals surface area (Å²) in [5.41, 5.74) is -0.461. The van der Waals surface area contributed by atoms with Crippen molar-refractivity contribution in [3.8, 4) is 0 Å². The normalized spacial score (nSPS) is 18.5. The smallest absolute Gasteiger partial charge is 0.381 e. The molecule has 0 bridgehead atoms. The molecule has 4 rings (SSSR count).